The fraction of sp³-hybridized carbons (Fsp3) is 0.391. The van der Waals surface area contributed by atoms with Crippen LogP contribution in [0.4, 0.5) is 0 Å². The van der Waals surface area contributed by atoms with Gasteiger partial charge in [-0.25, -0.2) is 4.98 Å². The van der Waals surface area contributed by atoms with Gasteiger partial charge in [0.25, 0.3) is 5.91 Å². The lowest BCUT2D eigenvalue weighted by Crippen LogP contribution is -2.37. The van der Waals surface area contributed by atoms with E-state index in [1.165, 1.54) is 12.8 Å². The average molecular weight is 377 g/mol. The van der Waals surface area contributed by atoms with Crippen molar-refractivity contribution < 1.29 is 9.53 Å². The van der Waals surface area contributed by atoms with Crippen LogP contribution in [0.25, 0.3) is 5.65 Å². The molecule has 1 amide bonds. The Kier molecular flexibility index (Phi) is 5.33. The summed E-state index contributed by atoms with van der Waals surface area (Å²) in [6, 6.07) is 11.7. The number of para-hydroxylation sites is 1. The molecule has 0 saturated heterocycles. The quantitative estimate of drug-likeness (QED) is 0.711. The third kappa shape index (κ3) is 4.03. The van der Waals surface area contributed by atoms with Crippen molar-refractivity contribution in [1.82, 2.24) is 14.7 Å². The van der Waals surface area contributed by atoms with Gasteiger partial charge in [0.15, 0.2) is 0 Å². The van der Waals surface area contributed by atoms with Crippen LogP contribution in [-0.4, -0.2) is 21.3 Å². The van der Waals surface area contributed by atoms with Crippen LogP contribution < -0.4 is 10.1 Å². The van der Waals surface area contributed by atoms with Gasteiger partial charge in [-0.2, -0.15) is 0 Å². The van der Waals surface area contributed by atoms with E-state index in [0.29, 0.717) is 17.9 Å². The minimum atomic E-state index is -0.0546. The molecule has 1 aliphatic carbocycles. The Morgan fingerprint density at radius 3 is 2.75 bits per heavy atom. The second-order valence-electron chi connectivity index (χ2n) is 7.87. The molecule has 0 radical (unpaired) electrons. The van der Waals surface area contributed by atoms with Crippen molar-refractivity contribution in [3.8, 4) is 5.75 Å². The molecule has 2 aromatic heterocycles. The van der Waals surface area contributed by atoms with Gasteiger partial charge in [0, 0.05) is 18.4 Å². The van der Waals surface area contributed by atoms with Gasteiger partial charge in [-0.05, 0) is 62.3 Å². The molecule has 0 aliphatic heterocycles. The van der Waals surface area contributed by atoms with Crippen molar-refractivity contribution in [3.63, 3.8) is 0 Å². The van der Waals surface area contributed by atoms with E-state index in [2.05, 4.69) is 17.2 Å². The van der Waals surface area contributed by atoms with E-state index in [0.717, 1.165) is 35.7 Å². The van der Waals surface area contributed by atoms with Crippen LogP contribution in [0.15, 0.2) is 48.8 Å². The minimum absolute atomic E-state index is 0.0546. The van der Waals surface area contributed by atoms with Crippen LogP contribution in [-0.2, 0) is 6.61 Å². The number of rotatable bonds is 5. The Balaban J connectivity index is 1.45. The van der Waals surface area contributed by atoms with Crippen molar-refractivity contribution in [1.29, 1.82) is 0 Å². The number of hydrogen-bond donors (Lipinski definition) is 1. The number of imidazole rings is 1. The summed E-state index contributed by atoms with van der Waals surface area (Å²) in [6.07, 6.45) is 8.40. The van der Waals surface area contributed by atoms with Gasteiger partial charge in [0.2, 0.25) is 0 Å². The molecule has 1 saturated carbocycles. The van der Waals surface area contributed by atoms with E-state index in [1.807, 2.05) is 60.1 Å². The number of benzene rings is 1. The first kappa shape index (κ1) is 18.5. The Morgan fingerprint density at radius 2 is 1.96 bits per heavy atom. The highest BCUT2D eigenvalue weighted by Crippen LogP contribution is 2.25. The van der Waals surface area contributed by atoms with Crippen molar-refractivity contribution in [2.24, 2.45) is 5.92 Å². The summed E-state index contributed by atoms with van der Waals surface area (Å²) < 4.78 is 7.98. The molecule has 1 N–H and O–H groups in total. The number of carbonyl (C=O) groups is 1. The molecule has 1 aromatic carbocycles. The normalized spacial score (nSPS) is 19.5. The summed E-state index contributed by atoms with van der Waals surface area (Å²) in [4.78, 5) is 17.4. The van der Waals surface area contributed by atoms with E-state index in [-0.39, 0.29) is 11.9 Å². The Morgan fingerprint density at radius 1 is 1.18 bits per heavy atom. The van der Waals surface area contributed by atoms with E-state index in [4.69, 9.17) is 4.74 Å². The summed E-state index contributed by atoms with van der Waals surface area (Å²) in [5.74, 6) is 1.30. The number of aryl methyl sites for hydroxylation is 1. The number of aromatic nitrogens is 2. The molecular weight excluding hydrogens is 350 g/mol. The number of hydrogen-bond acceptors (Lipinski definition) is 3. The van der Waals surface area contributed by atoms with Gasteiger partial charge in [-0.1, -0.05) is 25.1 Å². The molecule has 0 spiro atoms. The largest absolute Gasteiger partial charge is 0.486 e. The van der Waals surface area contributed by atoms with Crippen molar-refractivity contribution in [3.05, 3.63) is 65.6 Å². The van der Waals surface area contributed by atoms with Gasteiger partial charge in [0.05, 0.1) is 11.3 Å². The number of ether oxygens (including phenoxy) is 1. The zero-order chi connectivity index (χ0) is 19.5. The van der Waals surface area contributed by atoms with Crippen LogP contribution in [0.5, 0.6) is 5.75 Å². The van der Waals surface area contributed by atoms with Crippen LogP contribution >= 0.6 is 0 Å². The molecule has 2 heterocycles. The number of amides is 1. The first-order chi connectivity index (χ1) is 13.6. The third-order valence-corrected chi connectivity index (χ3v) is 5.59. The summed E-state index contributed by atoms with van der Waals surface area (Å²) in [7, 11) is 0. The number of pyridine rings is 1. The molecule has 1 fully saturated rings. The Bertz CT molecular complexity index is 971. The molecule has 5 heteroatoms. The molecule has 3 aromatic rings. The zero-order valence-corrected chi connectivity index (χ0v) is 16.5. The molecule has 0 unspecified atom stereocenters. The maximum atomic E-state index is 12.8. The molecule has 0 atom stereocenters. The van der Waals surface area contributed by atoms with Crippen molar-refractivity contribution in [2.75, 3.05) is 0 Å². The summed E-state index contributed by atoms with van der Waals surface area (Å²) >= 11 is 0. The van der Waals surface area contributed by atoms with E-state index >= 15 is 0 Å². The first-order valence-corrected chi connectivity index (χ1v) is 10.1. The Labute approximate surface area is 165 Å². The SMILES string of the molecule is Cc1cccn2cc(COc3ccccc3C(=O)NC3CCC(C)CC3)nc12. The van der Waals surface area contributed by atoms with Gasteiger partial charge in [-0.3, -0.25) is 4.79 Å². The van der Waals surface area contributed by atoms with Gasteiger partial charge in [-0.15, -0.1) is 0 Å². The predicted molar refractivity (Wildman–Crippen MR) is 110 cm³/mol. The Hall–Kier alpha value is -2.82. The zero-order valence-electron chi connectivity index (χ0n) is 16.5. The lowest BCUT2D eigenvalue weighted by molar-refractivity contribution is 0.0918. The highest BCUT2D eigenvalue weighted by Gasteiger charge is 2.21. The molecule has 5 nitrogen and oxygen atoms in total. The van der Waals surface area contributed by atoms with Crippen molar-refractivity contribution in [2.45, 2.75) is 52.2 Å². The predicted octanol–water partition coefficient (Wildman–Crippen LogP) is 4.53. The molecule has 4 rings (SSSR count). The van der Waals surface area contributed by atoms with Crippen LogP contribution in [0.1, 0.15) is 54.2 Å². The smallest absolute Gasteiger partial charge is 0.255 e. The van der Waals surface area contributed by atoms with Gasteiger partial charge < -0.3 is 14.5 Å². The standard InChI is InChI=1S/C23H27N3O2/c1-16-9-11-18(12-10-16)25-23(27)20-7-3-4-8-21(20)28-15-19-14-26-13-5-6-17(2)22(26)24-19/h3-8,13-14,16,18H,9-12,15H2,1-2H3,(H,25,27). The van der Waals surface area contributed by atoms with Gasteiger partial charge >= 0.3 is 0 Å². The number of fused-ring (bicyclic) bond motifs is 1. The third-order valence-electron chi connectivity index (χ3n) is 5.59. The molecule has 1 aliphatic rings. The second-order valence-corrected chi connectivity index (χ2v) is 7.87. The molecule has 0 bridgehead atoms. The minimum Gasteiger partial charge on any atom is -0.486 e. The number of carbonyl (C=O) groups excluding carboxylic acids is 1. The van der Waals surface area contributed by atoms with E-state index in [1.54, 1.807) is 0 Å². The monoisotopic (exact) mass is 377 g/mol. The second kappa shape index (κ2) is 8.05. The topological polar surface area (TPSA) is 55.6 Å². The van der Waals surface area contributed by atoms with Crippen LogP contribution in [0.2, 0.25) is 0 Å². The fourth-order valence-electron chi connectivity index (χ4n) is 3.87. The molecular formula is C23H27N3O2. The maximum Gasteiger partial charge on any atom is 0.255 e. The summed E-state index contributed by atoms with van der Waals surface area (Å²) in [6.45, 7) is 4.65. The number of nitrogens with one attached hydrogen (secondary N) is 1. The van der Waals surface area contributed by atoms with Gasteiger partial charge in [0.1, 0.15) is 18.0 Å². The molecule has 146 valence electrons. The first-order valence-electron chi connectivity index (χ1n) is 10.1. The van der Waals surface area contributed by atoms with E-state index in [9.17, 15) is 4.79 Å². The lowest BCUT2D eigenvalue weighted by atomic mass is 9.87. The highest BCUT2D eigenvalue weighted by atomic mass is 16.5. The van der Waals surface area contributed by atoms with Crippen molar-refractivity contribution >= 4 is 11.6 Å². The fourth-order valence-corrected chi connectivity index (χ4v) is 3.87. The lowest BCUT2D eigenvalue weighted by Gasteiger charge is -2.27. The summed E-state index contributed by atoms with van der Waals surface area (Å²) in [5.41, 5.74) is 3.47. The maximum absolute atomic E-state index is 12.8. The van der Waals surface area contributed by atoms with E-state index < -0.39 is 0 Å². The average Bonchev–Trinajstić information content (AvgIpc) is 3.13. The van der Waals surface area contributed by atoms with Crippen LogP contribution in [0, 0.1) is 12.8 Å². The number of nitrogens with zero attached hydrogens (tertiary/aromatic N) is 2. The molecule has 28 heavy (non-hydrogen) atoms. The summed E-state index contributed by atoms with van der Waals surface area (Å²) in [5, 5.41) is 3.18. The van der Waals surface area contributed by atoms with Crippen LogP contribution in [0.3, 0.4) is 0 Å². The highest BCUT2D eigenvalue weighted by molar-refractivity contribution is 5.97.